The Labute approximate surface area is 188 Å². The number of carbonyl (C=O) groups excluding carboxylic acids is 1. The first-order valence-corrected chi connectivity index (χ1v) is 12.4. The molecule has 2 aromatic carbocycles. The van der Waals surface area contributed by atoms with Crippen LogP contribution in [0.25, 0.3) is 0 Å². The maximum atomic E-state index is 12.5. The third-order valence-corrected chi connectivity index (χ3v) is 7.52. The highest BCUT2D eigenvalue weighted by Gasteiger charge is 2.28. The van der Waals surface area contributed by atoms with Crippen LogP contribution >= 0.6 is 0 Å². The van der Waals surface area contributed by atoms with Crippen molar-refractivity contribution in [3.8, 4) is 11.5 Å². The maximum absolute atomic E-state index is 12.5. The maximum Gasteiger partial charge on any atom is 0.251 e. The third kappa shape index (κ3) is 5.16. The molecule has 2 aliphatic rings. The molecule has 1 amide bonds. The minimum Gasteiger partial charge on any atom is -0.493 e. The van der Waals surface area contributed by atoms with Crippen molar-refractivity contribution >= 4 is 21.6 Å². The van der Waals surface area contributed by atoms with Gasteiger partial charge in [0.1, 0.15) is 6.61 Å². The number of rotatable bonds is 8. The van der Waals surface area contributed by atoms with Crippen molar-refractivity contribution in [3.63, 3.8) is 0 Å². The van der Waals surface area contributed by atoms with E-state index in [1.54, 1.807) is 31.4 Å². The topological polar surface area (TPSA) is 94.2 Å². The summed E-state index contributed by atoms with van der Waals surface area (Å²) in [5.41, 5.74) is 1.93. The fourth-order valence-corrected chi connectivity index (χ4v) is 5.46. The Morgan fingerprint density at radius 2 is 1.97 bits per heavy atom. The first-order chi connectivity index (χ1) is 15.5. The molecule has 0 aromatic heterocycles. The monoisotopic (exact) mass is 460 g/mol. The van der Waals surface area contributed by atoms with Gasteiger partial charge in [-0.05, 0) is 61.2 Å². The van der Waals surface area contributed by atoms with Crippen molar-refractivity contribution in [1.82, 2.24) is 5.32 Å². The minimum atomic E-state index is -3.24. The molecule has 2 aromatic rings. The zero-order valence-corrected chi connectivity index (χ0v) is 18.9. The summed E-state index contributed by atoms with van der Waals surface area (Å²) in [7, 11) is -1.65. The predicted molar refractivity (Wildman–Crippen MR) is 121 cm³/mol. The number of nitrogens with one attached hydrogen (secondary N) is 1. The Kier molecular flexibility index (Phi) is 6.86. The van der Waals surface area contributed by atoms with Gasteiger partial charge in [0.15, 0.2) is 11.5 Å². The fourth-order valence-electron chi connectivity index (χ4n) is 3.89. The second-order valence-electron chi connectivity index (χ2n) is 7.90. The van der Waals surface area contributed by atoms with E-state index in [4.69, 9.17) is 14.2 Å². The van der Waals surface area contributed by atoms with E-state index in [9.17, 15) is 13.2 Å². The van der Waals surface area contributed by atoms with Crippen LogP contribution in [-0.4, -0.2) is 53.1 Å². The molecule has 2 aliphatic heterocycles. The van der Waals surface area contributed by atoms with E-state index in [0.717, 1.165) is 25.0 Å². The van der Waals surface area contributed by atoms with E-state index in [-0.39, 0.29) is 17.8 Å². The Morgan fingerprint density at radius 3 is 2.62 bits per heavy atom. The second-order valence-corrected chi connectivity index (χ2v) is 9.92. The van der Waals surface area contributed by atoms with Crippen LogP contribution in [0.5, 0.6) is 11.5 Å². The zero-order valence-electron chi connectivity index (χ0n) is 18.1. The SMILES string of the molecule is COc1cc(CNC(=O)c2ccc(N3CCCS3(=O)=O)cc2)ccc1OCC1CCCO1. The van der Waals surface area contributed by atoms with E-state index < -0.39 is 10.0 Å². The van der Waals surface area contributed by atoms with Gasteiger partial charge in [-0.25, -0.2) is 8.42 Å². The molecule has 0 aliphatic carbocycles. The van der Waals surface area contributed by atoms with E-state index in [1.165, 1.54) is 4.31 Å². The third-order valence-electron chi connectivity index (χ3n) is 5.65. The molecule has 0 bridgehead atoms. The average molecular weight is 461 g/mol. The van der Waals surface area contributed by atoms with Crippen LogP contribution in [0, 0.1) is 0 Å². The van der Waals surface area contributed by atoms with Crippen molar-refractivity contribution in [1.29, 1.82) is 0 Å². The number of carbonyl (C=O) groups is 1. The molecule has 1 unspecified atom stereocenters. The normalized spacial score (nSPS) is 19.7. The van der Waals surface area contributed by atoms with Crippen molar-refractivity contribution < 1.29 is 27.4 Å². The number of anilines is 1. The highest BCUT2D eigenvalue weighted by Crippen LogP contribution is 2.29. The van der Waals surface area contributed by atoms with Crippen LogP contribution in [0.1, 0.15) is 35.2 Å². The molecule has 1 N–H and O–H groups in total. The quantitative estimate of drug-likeness (QED) is 0.651. The largest absolute Gasteiger partial charge is 0.493 e. The number of nitrogens with zero attached hydrogens (tertiary/aromatic N) is 1. The van der Waals surface area contributed by atoms with Gasteiger partial charge in [-0.15, -0.1) is 0 Å². The van der Waals surface area contributed by atoms with Gasteiger partial charge in [-0.2, -0.15) is 0 Å². The molecule has 9 heteroatoms. The van der Waals surface area contributed by atoms with E-state index in [1.807, 2.05) is 18.2 Å². The Bertz CT molecular complexity index is 1050. The summed E-state index contributed by atoms with van der Waals surface area (Å²) in [5, 5.41) is 2.88. The molecule has 32 heavy (non-hydrogen) atoms. The number of benzene rings is 2. The fraction of sp³-hybridized carbons (Fsp3) is 0.435. The van der Waals surface area contributed by atoms with Gasteiger partial charge >= 0.3 is 0 Å². The smallest absolute Gasteiger partial charge is 0.251 e. The predicted octanol–water partition coefficient (Wildman–Crippen LogP) is 2.72. The van der Waals surface area contributed by atoms with Gasteiger partial charge in [-0.1, -0.05) is 6.07 Å². The van der Waals surface area contributed by atoms with Crippen molar-refractivity contribution in [2.45, 2.75) is 31.9 Å². The first-order valence-electron chi connectivity index (χ1n) is 10.8. The van der Waals surface area contributed by atoms with Crippen molar-refractivity contribution in [2.75, 3.05) is 36.9 Å². The average Bonchev–Trinajstić information content (AvgIpc) is 3.45. The van der Waals surface area contributed by atoms with Crippen LogP contribution in [-0.2, 0) is 21.3 Å². The zero-order chi connectivity index (χ0) is 22.6. The summed E-state index contributed by atoms with van der Waals surface area (Å²) in [6.45, 7) is 2.07. The van der Waals surface area contributed by atoms with Gasteiger partial charge in [0.2, 0.25) is 10.0 Å². The lowest BCUT2D eigenvalue weighted by atomic mass is 10.1. The van der Waals surface area contributed by atoms with Gasteiger partial charge < -0.3 is 19.5 Å². The van der Waals surface area contributed by atoms with Gasteiger partial charge in [-0.3, -0.25) is 9.10 Å². The molecular weight excluding hydrogens is 432 g/mol. The van der Waals surface area contributed by atoms with Crippen LogP contribution in [0.15, 0.2) is 42.5 Å². The Morgan fingerprint density at radius 1 is 1.16 bits per heavy atom. The van der Waals surface area contributed by atoms with Crippen LogP contribution in [0.3, 0.4) is 0 Å². The number of amides is 1. The summed E-state index contributed by atoms with van der Waals surface area (Å²) in [6.07, 6.45) is 2.80. The number of hydrogen-bond donors (Lipinski definition) is 1. The van der Waals surface area contributed by atoms with Gasteiger partial charge in [0.05, 0.1) is 24.7 Å². The first kappa shape index (κ1) is 22.4. The van der Waals surface area contributed by atoms with Crippen molar-refractivity contribution in [3.05, 3.63) is 53.6 Å². The minimum absolute atomic E-state index is 0.121. The van der Waals surface area contributed by atoms with E-state index in [2.05, 4.69) is 5.32 Å². The van der Waals surface area contributed by atoms with Gasteiger partial charge in [0, 0.05) is 25.3 Å². The lowest BCUT2D eigenvalue weighted by Crippen LogP contribution is -2.25. The molecule has 4 rings (SSSR count). The molecule has 2 saturated heterocycles. The van der Waals surface area contributed by atoms with E-state index in [0.29, 0.717) is 48.9 Å². The number of methoxy groups -OCH3 is 1. The molecule has 0 radical (unpaired) electrons. The molecule has 172 valence electrons. The van der Waals surface area contributed by atoms with Crippen LogP contribution in [0.4, 0.5) is 5.69 Å². The second kappa shape index (κ2) is 9.79. The number of hydrogen-bond acceptors (Lipinski definition) is 6. The Hall–Kier alpha value is -2.78. The summed E-state index contributed by atoms with van der Waals surface area (Å²) in [5.74, 6) is 1.17. The lowest BCUT2D eigenvalue weighted by Gasteiger charge is -2.17. The summed E-state index contributed by atoms with van der Waals surface area (Å²) in [6, 6.07) is 12.2. The van der Waals surface area contributed by atoms with Gasteiger partial charge in [0.25, 0.3) is 5.91 Å². The van der Waals surface area contributed by atoms with Crippen LogP contribution < -0.4 is 19.1 Å². The number of ether oxygens (including phenoxy) is 3. The molecule has 2 fully saturated rings. The summed E-state index contributed by atoms with van der Waals surface area (Å²) in [4.78, 5) is 12.5. The lowest BCUT2D eigenvalue weighted by molar-refractivity contribution is 0.0669. The molecular formula is C23H28N2O6S. The summed E-state index contributed by atoms with van der Waals surface area (Å²) >= 11 is 0. The molecule has 1 atom stereocenters. The molecule has 8 nitrogen and oxygen atoms in total. The standard InChI is InChI=1S/C23H28N2O6S/c1-29-22-14-17(5-10-21(22)31-16-20-4-2-12-30-20)15-24-23(26)18-6-8-19(9-7-18)25-11-3-13-32(25,27)28/h5-10,14,20H,2-4,11-13,15-16H2,1H3,(H,24,26). The molecule has 2 heterocycles. The van der Waals surface area contributed by atoms with Crippen molar-refractivity contribution in [2.24, 2.45) is 0 Å². The summed E-state index contributed by atoms with van der Waals surface area (Å²) < 4.78 is 42.3. The Balaban J connectivity index is 1.34. The van der Waals surface area contributed by atoms with Crippen LogP contribution in [0.2, 0.25) is 0 Å². The molecule has 0 saturated carbocycles. The van der Waals surface area contributed by atoms with E-state index >= 15 is 0 Å². The molecule has 0 spiro atoms. The number of sulfonamides is 1. The highest BCUT2D eigenvalue weighted by molar-refractivity contribution is 7.93. The highest BCUT2D eigenvalue weighted by atomic mass is 32.2.